The summed E-state index contributed by atoms with van der Waals surface area (Å²) in [5.74, 6) is 3.00. The maximum absolute atomic E-state index is 7.07. The van der Waals surface area contributed by atoms with Crippen molar-refractivity contribution in [3.05, 3.63) is 245 Å². The van der Waals surface area contributed by atoms with Gasteiger partial charge in [-0.3, -0.25) is 9.97 Å². The van der Waals surface area contributed by atoms with Gasteiger partial charge < -0.3 is 14.4 Å². The summed E-state index contributed by atoms with van der Waals surface area (Å²) >= 11 is 0. The highest BCUT2D eigenvalue weighted by molar-refractivity contribution is 5.82. The number of pyridine rings is 2. The van der Waals surface area contributed by atoms with E-state index in [1.165, 1.54) is 27.8 Å². The first-order valence-electron chi connectivity index (χ1n) is 23.5. The fourth-order valence-corrected chi connectivity index (χ4v) is 9.85. The topological polar surface area (TPSA) is 47.5 Å². The van der Waals surface area contributed by atoms with E-state index in [4.69, 9.17) is 19.4 Å². The fourth-order valence-electron chi connectivity index (χ4n) is 9.85. The predicted octanol–water partition coefficient (Wildman–Crippen LogP) is 16.8. The second-order valence-electron chi connectivity index (χ2n) is 20.0. The van der Waals surface area contributed by atoms with Gasteiger partial charge in [-0.2, -0.15) is 0 Å². The molecular weight excluding hydrogens is 831 g/mol. The summed E-state index contributed by atoms with van der Waals surface area (Å²) in [4.78, 5) is 12.4. The summed E-state index contributed by atoms with van der Waals surface area (Å²) in [7, 11) is 0. The Morgan fingerprint density at radius 2 is 1.04 bits per heavy atom. The number of para-hydroxylation sites is 2. The number of ether oxygens (including phenoxy) is 2. The molecular formula is C63H57N3O2. The summed E-state index contributed by atoms with van der Waals surface area (Å²) < 4.78 is 13.6. The lowest BCUT2D eigenvalue weighted by atomic mass is 9.65. The van der Waals surface area contributed by atoms with Crippen LogP contribution in [0.25, 0.3) is 22.4 Å². The van der Waals surface area contributed by atoms with E-state index in [-0.39, 0.29) is 10.8 Å². The molecule has 0 radical (unpaired) electrons. The highest BCUT2D eigenvalue weighted by Gasteiger charge is 2.46. The first-order chi connectivity index (χ1) is 32.8. The Morgan fingerprint density at radius 3 is 1.63 bits per heavy atom. The molecule has 0 spiro atoms. The van der Waals surface area contributed by atoms with Crippen LogP contribution in [0.3, 0.4) is 0 Å². The Kier molecular flexibility index (Phi) is 11.3. The molecule has 68 heavy (non-hydrogen) atoms. The number of rotatable bonds is 9. The molecule has 0 saturated carbocycles. The van der Waals surface area contributed by atoms with Crippen LogP contribution in [-0.4, -0.2) is 9.97 Å². The van der Waals surface area contributed by atoms with Crippen molar-refractivity contribution in [2.24, 2.45) is 0 Å². The Morgan fingerprint density at radius 1 is 0.471 bits per heavy atom. The second kappa shape index (κ2) is 17.5. The SMILES string of the molecule is Cc1cccc(C)c1-c1cc(Oc2cccc(C3(c4ccccn4)c4ccccc4Oc4ccccc43)c2)cc(-c2cc(N(c3ccc(C(C)(C)C)cc3)c3ccc(C(C)(C)C)cc3)ccn2)c1. The van der Waals surface area contributed by atoms with Crippen LogP contribution < -0.4 is 14.4 Å². The van der Waals surface area contributed by atoms with Gasteiger partial charge in [0.2, 0.25) is 0 Å². The lowest BCUT2D eigenvalue weighted by Gasteiger charge is -2.40. The minimum absolute atomic E-state index is 0.0331. The van der Waals surface area contributed by atoms with E-state index in [1.54, 1.807) is 0 Å². The van der Waals surface area contributed by atoms with Crippen molar-refractivity contribution in [3.63, 3.8) is 0 Å². The standard InChI is InChI=1S/C63H57N3O2/c1-42-17-15-18-43(2)60(42)45-37-44(56-41-51(34-36-64-56)66(49-30-26-46(27-31-49)61(3,4)5)50-32-28-47(29-33-50)62(6,7)8)38-53(39-45)67-52-20-16-19-48(40-52)63(59-25-13-14-35-65-59)54-21-9-11-23-57(54)68-58-24-12-10-22-55(58)63/h9-41H,1-8H3. The number of hydrogen-bond acceptors (Lipinski definition) is 5. The summed E-state index contributed by atoms with van der Waals surface area (Å²) in [6.07, 6.45) is 3.79. The number of hydrogen-bond donors (Lipinski definition) is 0. The minimum atomic E-state index is -0.784. The van der Waals surface area contributed by atoms with Crippen LogP contribution in [0.5, 0.6) is 23.0 Å². The molecule has 0 N–H and O–H groups in total. The van der Waals surface area contributed by atoms with Gasteiger partial charge in [-0.15, -0.1) is 0 Å². The zero-order valence-electron chi connectivity index (χ0n) is 40.2. The van der Waals surface area contributed by atoms with E-state index in [9.17, 15) is 0 Å². The molecule has 0 amide bonds. The molecule has 3 heterocycles. The highest BCUT2D eigenvalue weighted by atomic mass is 16.5. The quantitative estimate of drug-likeness (QED) is 0.144. The minimum Gasteiger partial charge on any atom is -0.457 e. The molecule has 1 aliphatic rings. The summed E-state index contributed by atoms with van der Waals surface area (Å²) in [6, 6.07) is 66.3. The van der Waals surface area contributed by atoms with Crippen molar-refractivity contribution in [2.45, 2.75) is 71.6 Å². The number of nitrogens with zero attached hydrogens (tertiary/aromatic N) is 3. The van der Waals surface area contributed by atoms with Crippen LogP contribution in [0, 0.1) is 13.8 Å². The van der Waals surface area contributed by atoms with Gasteiger partial charge in [0.25, 0.3) is 0 Å². The van der Waals surface area contributed by atoms with Gasteiger partial charge >= 0.3 is 0 Å². The number of anilines is 3. The third-order valence-electron chi connectivity index (χ3n) is 13.3. The van der Waals surface area contributed by atoms with Crippen LogP contribution >= 0.6 is 0 Å². The summed E-state index contributed by atoms with van der Waals surface area (Å²) in [5.41, 5.74) is 15.4. The predicted molar refractivity (Wildman–Crippen MR) is 279 cm³/mol. The highest BCUT2D eigenvalue weighted by Crippen LogP contribution is 2.55. The molecule has 0 unspecified atom stereocenters. The molecule has 0 saturated heterocycles. The van der Waals surface area contributed by atoms with Crippen LogP contribution in [0.1, 0.15) is 86.2 Å². The Hall–Kier alpha value is -7.76. The molecule has 1 aliphatic heterocycles. The van der Waals surface area contributed by atoms with E-state index in [0.717, 1.165) is 67.8 Å². The molecule has 9 aromatic rings. The Balaban J connectivity index is 1.11. The Labute approximate surface area is 401 Å². The van der Waals surface area contributed by atoms with Crippen molar-refractivity contribution in [3.8, 4) is 45.4 Å². The van der Waals surface area contributed by atoms with Gasteiger partial charge in [0.1, 0.15) is 23.0 Å². The van der Waals surface area contributed by atoms with Crippen LogP contribution in [-0.2, 0) is 16.2 Å². The van der Waals surface area contributed by atoms with Gasteiger partial charge in [-0.05, 0) is 155 Å². The molecule has 0 atom stereocenters. The monoisotopic (exact) mass is 887 g/mol. The molecule has 10 rings (SSSR count). The molecule has 5 nitrogen and oxygen atoms in total. The smallest absolute Gasteiger partial charge is 0.132 e. The first kappa shape index (κ1) is 44.1. The third kappa shape index (κ3) is 8.23. The van der Waals surface area contributed by atoms with E-state index in [1.807, 2.05) is 48.8 Å². The van der Waals surface area contributed by atoms with Crippen molar-refractivity contribution in [1.29, 1.82) is 0 Å². The normalized spacial score (nSPS) is 12.9. The van der Waals surface area contributed by atoms with E-state index >= 15 is 0 Å². The molecule has 0 aliphatic carbocycles. The first-order valence-corrected chi connectivity index (χ1v) is 23.5. The van der Waals surface area contributed by atoms with Crippen molar-refractivity contribution >= 4 is 17.1 Å². The molecule has 336 valence electrons. The van der Waals surface area contributed by atoms with Crippen molar-refractivity contribution in [1.82, 2.24) is 9.97 Å². The number of aromatic nitrogens is 2. The number of benzene rings is 7. The van der Waals surface area contributed by atoms with Gasteiger partial charge in [0.15, 0.2) is 0 Å². The molecule has 7 aromatic carbocycles. The lowest BCUT2D eigenvalue weighted by Crippen LogP contribution is -2.35. The molecule has 5 heteroatoms. The fraction of sp³-hybridized carbons (Fsp3) is 0.175. The van der Waals surface area contributed by atoms with Crippen LogP contribution in [0.15, 0.2) is 200 Å². The lowest BCUT2D eigenvalue weighted by molar-refractivity contribution is 0.431. The number of fused-ring (bicyclic) bond motifs is 2. The van der Waals surface area contributed by atoms with Crippen molar-refractivity contribution < 1.29 is 9.47 Å². The average molecular weight is 888 g/mol. The van der Waals surface area contributed by atoms with Gasteiger partial charge in [-0.1, -0.05) is 139 Å². The van der Waals surface area contributed by atoms with E-state index in [0.29, 0.717) is 11.5 Å². The second-order valence-corrected chi connectivity index (χ2v) is 20.0. The molecule has 0 fully saturated rings. The number of aryl methyl sites for hydroxylation is 2. The van der Waals surface area contributed by atoms with Crippen molar-refractivity contribution in [2.75, 3.05) is 4.90 Å². The zero-order chi connectivity index (χ0) is 47.2. The van der Waals surface area contributed by atoms with Gasteiger partial charge in [0.05, 0.1) is 16.8 Å². The van der Waals surface area contributed by atoms with Crippen LogP contribution in [0.4, 0.5) is 17.1 Å². The zero-order valence-corrected chi connectivity index (χ0v) is 40.2. The van der Waals surface area contributed by atoms with Crippen LogP contribution in [0.2, 0.25) is 0 Å². The van der Waals surface area contributed by atoms with E-state index < -0.39 is 5.41 Å². The summed E-state index contributed by atoms with van der Waals surface area (Å²) in [6.45, 7) is 17.9. The van der Waals surface area contributed by atoms with Gasteiger partial charge in [-0.25, -0.2) is 0 Å². The average Bonchev–Trinajstić information content (AvgIpc) is 3.33. The third-order valence-corrected chi connectivity index (χ3v) is 13.3. The molecule has 0 bridgehead atoms. The summed E-state index contributed by atoms with van der Waals surface area (Å²) in [5, 5.41) is 0. The maximum atomic E-state index is 7.07. The maximum Gasteiger partial charge on any atom is 0.132 e. The Bertz CT molecular complexity index is 3150. The largest absolute Gasteiger partial charge is 0.457 e. The van der Waals surface area contributed by atoms with E-state index in [2.05, 4.69) is 212 Å². The van der Waals surface area contributed by atoms with Gasteiger partial charge in [0, 0.05) is 46.1 Å². The molecule has 2 aromatic heterocycles.